The van der Waals surface area contributed by atoms with Gasteiger partial charge in [-0.25, -0.2) is 0 Å². The molecule has 26 heavy (non-hydrogen) atoms. The van der Waals surface area contributed by atoms with E-state index in [0.29, 0.717) is 11.6 Å². The summed E-state index contributed by atoms with van der Waals surface area (Å²) < 4.78 is 0. The first-order chi connectivity index (χ1) is 12.0. The van der Waals surface area contributed by atoms with E-state index < -0.39 is 0 Å². The van der Waals surface area contributed by atoms with Crippen LogP contribution in [0.5, 0.6) is 0 Å². The van der Waals surface area contributed by atoms with Crippen molar-refractivity contribution in [2.24, 2.45) is 11.7 Å². The number of hydrogen-bond donors (Lipinski definition) is 2. The molecule has 1 aliphatic carbocycles. The highest BCUT2D eigenvalue weighted by atomic mass is 35.5. The number of carbonyl (C=O) groups excluding carboxylic acids is 2. The predicted molar refractivity (Wildman–Crippen MR) is 107 cm³/mol. The maximum atomic E-state index is 12.7. The number of nitrogens with zero attached hydrogens (tertiary/aromatic N) is 1. The van der Waals surface area contributed by atoms with Crippen LogP contribution in [-0.4, -0.2) is 35.3 Å². The molecule has 3 atom stereocenters. The Bertz CT molecular complexity index is 620. The van der Waals surface area contributed by atoms with Crippen molar-refractivity contribution in [3.05, 3.63) is 29.8 Å². The largest absolute Gasteiger partial charge is 0.336 e. The molecule has 1 heterocycles. The van der Waals surface area contributed by atoms with E-state index in [1.165, 1.54) is 6.42 Å². The smallest absolute Gasteiger partial charge is 0.254 e. The van der Waals surface area contributed by atoms with Gasteiger partial charge in [-0.15, -0.1) is 12.4 Å². The Morgan fingerprint density at radius 3 is 2.46 bits per heavy atom. The van der Waals surface area contributed by atoms with Crippen LogP contribution in [0.1, 0.15) is 62.2 Å². The Morgan fingerprint density at radius 1 is 1.08 bits per heavy atom. The molecule has 0 radical (unpaired) electrons. The average molecular weight is 380 g/mol. The van der Waals surface area contributed by atoms with E-state index in [9.17, 15) is 9.59 Å². The number of nitrogens with one attached hydrogen (secondary N) is 1. The van der Waals surface area contributed by atoms with Crippen LogP contribution in [0.15, 0.2) is 24.3 Å². The number of amides is 2. The van der Waals surface area contributed by atoms with Crippen molar-refractivity contribution in [1.29, 1.82) is 0 Å². The van der Waals surface area contributed by atoms with Gasteiger partial charge in [0.05, 0.1) is 0 Å². The van der Waals surface area contributed by atoms with Crippen molar-refractivity contribution in [2.75, 3.05) is 11.9 Å². The predicted octanol–water partition coefficient (Wildman–Crippen LogP) is 3.58. The summed E-state index contributed by atoms with van der Waals surface area (Å²) in [4.78, 5) is 27.0. The highest BCUT2D eigenvalue weighted by molar-refractivity contribution is 5.96. The summed E-state index contributed by atoms with van der Waals surface area (Å²) in [7, 11) is 0. The van der Waals surface area contributed by atoms with E-state index in [0.717, 1.165) is 50.8 Å². The van der Waals surface area contributed by atoms with Gasteiger partial charge in [-0.1, -0.05) is 6.42 Å². The van der Waals surface area contributed by atoms with Gasteiger partial charge in [0, 0.05) is 35.8 Å². The van der Waals surface area contributed by atoms with Crippen molar-refractivity contribution in [2.45, 2.75) is 64.0 Å². The zero-order chi connectivity index (χ0) is 17.8. The molecule has 2 aliphatic rings. The second-order valence-corrected chi connectivity index (χ2v) is 7.53. The number of nitrogens with two attached hydrogens (primary N) is 1. The number of halogens is 1. The van der Waals surface area contributed by atoms with E-state index in [2.05, 4.69) is 12.2 Å². The van der Waals surface area contributed by atoms with Crippen LogP contribution in [-0.2, 0) is 4.79 Å². The van der Waals surface area contributed by atoms with Gasteiger partial charge in [-0.05, 0) is 69.7 Å². The molecule has 1 saturated heterocycles. The van der Waals surface area contributed by atoms with Crippen LogP contribution in [0.25, 0.3) is 0 Å². The van der Waals surface area contributed by atoms with Gasteiger partial charge in [0.25, 0.3) is 5.91 Å². The Hall–Kier alpha value is -1.59. The lowest BCUT2D eigenvalue weighted by Crippen LogP contribution is -2.42. The third-order valence-corrected chi connectivity index (χ3v) is 5.55. The normalized spacial score (nSPS) is 25.9. The van der Waals surface area contributed by atoms with Crippen LogP contribution >= 0.6 is 12.4 Å². The molecule has 0 spiro atoms. The molecule has 6 heteroatoms. The molecule has 0 bridgehead atoms. The van der Waals surface area contributed by atoms with Crippen LogP contribution in [0.2, 0.25) is 0 Å². The topological polar surface area (TPSA) is 75.4 Å². The minimum absolute atomic E-state index is 0. The van der Waals surface area contributed by atoms with Gasteiger partial charge in [0.15, 0.2) is 0 Å². The summed E-state index contributed by atoms with van der Waals surface area (Å²) in [6.45, 7) is 2.95. The molecular formula is C20H30ClN3O2. The van der Waals surface area contributed by atoms with Crippen molar-refractivity contribution in [1.82, 2.24) is 4.90 Å². The fraction of sp³-hybridized carbons (Fsp3) is 0.600. The van der Waals surface area contributed by atoms with Crippen LogP contribution in [0.3, 0.4) is 0 Å². The summed E-state index contributed by atoms with van der Waals surface area (Å²) in [6, 6.07) is 7.70. The second kappa shape index (κ2) is 9.38. The van der Waals surface area contributed by atoms with E-state index >= 15 is 0 Å². The van der Waals surface area contributed by atoms with Gasteiger partial charge in [-0.3, -0.25) is 9.59 Å². The molecule has 5 nitrogen and oxygen atoms in total. The summed E-state index contributed by atoms with van der Waals surface area (Å²) in [5.41, 5.74) is 7.40. The highest BCUT2D eigenvalue weighted by Crippen LogP contribution is 2.25. The molecule has 3 N–H and O–H groups in total. The molecular weight excluding hydrogens is 350 g/mol. The van der Waals surface area contributed by atoms with Gasteiger partial charge in [0.1, 0.15) is 0 Å². The van der Waals surface area contributed by atoms with Crippen molar-refractivity contribution < 1.29 is 9.59 Å². The Kier molecular flexibility index (Phi) is 7.47. The van der Waals surface area contributed by atoms with Crippen molar-refractivity contribution >= 4 is 29.9 Å². The fourth-order valence-corrected chi connectivity index (χ4v) is 3.97. The van der Waals surface area contributed by atoms with E-state index in [4.69, 9.17) is 5.73 Å². The van der Waals surface area contributed by atoms with Gasteiger partial charge < -0.3 is 16.0 Å². The van der Waals surface area contributed by atoms with E-state index in [1.54, 1.807) is 0 Å². The third kappa shape index (κ3) is 4.98. The zero-order valence-corrected chi connectivity index (χ0v) is 16.3. The number of hydrogen-bond acceptors (Lipinski definition) is 3. The first kappa shape index (κ1) is 20.7. The highest BCUT2D eigenvalue weighted by Gasteiger charge is 2.26. The lowest BCUT2D eigenvalue weighted by Gasteiger charge is -2.33. The number of carbonyl (C=O) groups is 2. The molecule has 2 amide bonds. The number of benzene rings is 1. The maximum Gasteiger partial charge on any atom is 0.254 e. The molecule has 1 aromatic carbocycles. The number of anilines is 1. The molecule has 144 valence electrons. The molecule has 3 rings (SSSR count). The van der Waals surface area contributed by atoms with E-state index in [-0.39, 0.29) is 36.2 Å². The Balaban J connectivity index is 0.00000243. The monoisotopic (exact) mass is 379 g/mol. The molecule has 1 saturated carbocycles. The molecule has 3 unspecified atom stereocenters. The zero-order valence-electron chi connectivity index (χ0n) is 15.4. The SMILES string of the molecule is CC1CCCCN1C(=O)c1ccc(NC(=O)C2CCCC(N)C2)cc1.Cl. The lowest BCUT2D eigenvalue weighted by molar-refractivity contribution is -0.120. The molecule has 1 aromatic rings. The summed E-state index contributed by atoms with van der Waals surface area (Å²) >= 11 is 0. The number of rotatable bonds is 3. The summed E-state index contributed by atoms with van der Waals surface area (Å²) in [6.07, 6.45) is 7.03. The number of likely N-dealkylation sites (tertiary alicyclic amines) is 1. The molecule has 2 fully saturated rings. The maximum absolute atomic E-state index is 12.7. The first-order valence-corrected chi connectivity index (χ1v) is 9.52. The average Bonchev–Trinajstić information content (AvgIpc) is 2.62. The van der Waals surface area contributed by atoms with Gasteiger partial charge in [0.2, 0.25) is 5.91 Å². The minimum atomic E-state index is -0.000687. The van der Waals surface area contributed by atoms with E-state index in [1.807, 2.05) is 29.2 Å². The summed E-state index contributed by atoms with van der Waals surface area (Å²) in [5, 5.41) is 2.97. The Labute approximate surface area is 162 Å². The van der Waals surface area contributed by atoms with Crippen LogP contribution in [0.4, 0.5) is 5.69 Å². The molecule has 1 aliphatic heterocycles. The van der Waals surface area contributed by atoms with Crippen molar-refractivity contribution in [3.63, 3.8) is 0 Å². The van der Waals surface area contributed by atoms with Gasteiger partial charge in [-0.2, -0.15) is 0 Å². The first-order valence-electron chi connectivity index (χ1n) is 9.52. The summed E-state index contributed by atoms with van der Waals surface area (Å²) in [5.74, 6) is 0.126. The van der Waals surface area contributed by atoms with Crippen LogP contribution < -0.4 is 11.1 Å². The quantitative estimate of drug-likeness (QED) is 0.842. The lowest BCUT2D eigenvalue weighted by atomic mass is 9.85. The minimum Gasteiger partial charge on any atom is -0.336 e. The number of piperidine rings is 1. The van der Waals surface area contributed by atoms with Crippen LogP contribution in [0, 0.1) is 5.92 Å². The fourth-order valence-electron chi connectivity index (χ4n) is 3.97. The standard InChI is InChI=1S/C20H29N3O2.ClH/c1-14-5-2-3-12-23(14)20(25)15-8-10-18(11-9-15)22-19(24)16-6-4-7-17(21)13-16;/h8-11,14,16-17H,2-7,12-13,21H2,1H3,(H,22,24);1H. The van der Waals surface area contributed by atoms with Crippen molar-refractivity contribution in [3.8, 4) is 0 Å². The second-order valence-electron chi connectivity index (χ2n) is 7.53. The third-order valence-electron chi connectivity index (χ3n) is 5.55. The van der Waals surface area contributed by atoms with Gasteiger partial charge >= 0.3 is 0 Å². The Morgan fingerprint density at radius 2 is 1.81 bits per heavy atom. The molecule has 0 aromatic heterocycles.